The second-order valence-corrected chi connectivity index (χ2v) is 9.50. The van der Waals surface area contributed by atoms with Crippen molar-refractivity contribution in [2.45, 2.75) is 12.8 Å². The highest BCUT2D eigenvalue weighted by Crippen LogP contribution is 2.32. The first-order valence-corrected chi connectivity index (χ1v) is 12.2. The summed E-state index contributed by atoms with van der Waals surface area (Å²) >= 11 is 1.66. The van der Waals surface area contributed by atoms with Crippen LogP contribution in [0.1, 0.15) is 12.8 Å². The Morgan fingerprint density at radius 2 is 1.79 bits per heavy atom. The monoisotopic (exact) mass is 463 g/mol. The Hall–Kier alpha value is -3.17. The number of hydrogen-bond donors (Lipinski definition) is 1. The van der Waals surface area contributed by atoms with Gasteiger partial charge in [-0.1, -0.05) is 23.5 Å². The molecule has 6 rings (SSSR count). The predicted octanol–water partition coefficient (Wildman–Crippen LogP) is 4.13. The SMILES string of the molecule is O=C(Nc1ccc2nc(N3CCOCC3)sc2c1)C1CCN(c2nc3ccccc3o2)CC1. The van der Waals surface area contributed by atoms with Crippen LogP contribution < -0.4 is 15.1 Å². The Balaban J connectivity index is 1.09. The van der Waals surface area contributed by atoms with Gasteiger partial charge < -0.3 is 24.3 Å². The lowest BCUT2D eigenvalue weighted by atomic mass is 9.96. The summed E-state index contributed by atoms with van der Waals surface area (Å²) in [6.45, 7) is 4.71. The van der Waals surface area contributed by atoms with Crippen LogP contribution in [0.5, 0.6) is 0 Å². The Morgan fingerprint density at radius 1 is 0.970 bits per heavy atom. The zero-order valence-corrected chi connectivity index (χ0v) is 19.0. The number of thiazole rings is 1. The Morgan fingerprint density at radius 3 is 2.61 bits per heavy atom. The number of fused-ring (bicyclic) bond motifs is 2. The van der Waals surface area contributed by atoms with Crippen molar-refractivity contribution >= 4 is 55.4 Å². The van der Waals surface area contributed by atoms with Gasteiger partial charge in [0.25, 0.3) is 6.01 Å². The van der Waals surface area contributed by atoms with E-state index in [1.54, 1.807) is 11.3 Å². The number of aromatic nitrogens is 2. The van der Waals surface area contributed by atoms with Crippen molar-refractivity contribution in [3.63, 3.8) is 0 Å². The first kappa shape index (κ1) is 20.4. The van der Waals surface area contributed by atoms with Gasteiger partial charge in [-0.05, 0) is 43.2 Å². The molecule has 4 aromatic rings. The number of nitrogens with one attached hydrogen (secondary N) is 1. The molecule has 0 spiro atoms. The van der Waals surface area contributed by atoms with Gasteiger partial charge in [0.2, 0.25) is 5.91 Å². The van der Waals surface area contributed by atoms with E-state index in [1.165, 1.54) is 0 Å². The quantitative estimate of drug-likeness (QED) is 0.487. The summed E-state index contributed by atoms with van der Waals surface area (Å²) in [5.41, 5.74) is 3.45. The van der Waals surface area contributed by atoms with Gasteiger partial charge in [0.1, 0.15) is 5.52 Å². The summed E-state index contributed by atoms with van der Waals surface area (Å²) in [6.07, 6.45) is 1.54. The molecule has 2 aromatic heterocycles. The van der Waals surface area contributed by atoms with Gasteiger partial charge in [-0.2, -0.15) is 4.98 Å². The molecule has 9 heteroatoms. The van der Waals surface area contributed by atoms with Gasteiger partial charge in [0, 0.05) is 37.8 Å². The number of amides is 1. The second kappa shape index (κ2) is 8.64. The minimum Gasteiger partial charge on any atom is -0.423 e. The number of para-hydroxylation sites is 2. The molecule has 0 saturated carbocycles. The number of hydrogen-bond acceptors (Lipinski definition) is 8. The van der Waals surface area contributed by atoms with Crippen molar-refractivity contribution in [1.29, 1.82) is 0 Å². The number of rotatable bonds is 4. The van der Waals surface area contributed by atoms with E-state index in [1.807, 2.05) is 42.5 Å². The van der Waals surface area contributed by atoms with Crippen LogP contribution >= 0.6 is 11.3 Å². The highest BCUT2D eigenvalue weighted by Gasteiger charge is 2.27. The van der Waals surface area contributed by atoms with E-state index < -0.39 is 0 Å². The Kier molecular flexibility index (Phi) is 5.35. The molecule has 0 radical (unpaired) electrons. The van der Waals surface area contributed by atoms with Gasteiger partial charge >= 0.3 is 0 Å². The van der Waals surface area contributed by atoms with Gasteiger partial charge in [-0.15, -0.1) is 0 Å². The molecule has 1 amide bonds. The molecular weight excluding hydrogens is 438 g/mol. The van der Waals surface area contributed by atoms with Crippen LogP contribution in [0.15, 0.2) is 46.9 Å². The van der Waals surface area contributed by atoms with Crippen LogP contribution in [0.2, 0.25) is 0 Å². The van der Waals surface area contributed by atoms with Crippen LogP contribution in [0.25, 0.3) is 21.3 Å². The minimum absolute atomic E-state index is 0.0216. The molecule has 0 bridgehead atoms. The summed E-state index contributed by atoms with van der Waals surface area (Å²) in [7, 11) is 0. The number of benzene rings is 2. The minimum atomic E-state index is -0.0216. The van der Waals surface area contributed by atoms with Crippen molar-refractivity contribution in [2.24, 2.45) is 5.92 Å². The van der Waals surface area contributed by atoms with Crippen molar-refractivity contribution < 1.29 is 13.9 Å². The number of piperidine rings is 1. The van der Waals surface area contributed by atoms with Crippen LogP contribution in [0, 0.1) is 5.92 Å². The number of carbonyl (C=O) groups is 1. The fourth-order valence-electron chi connectivity index (χ4n) is 4.45. The number of morpholine rings is 1. The van der Waals surface area contributed by atoms with Crippen molar-refractivity contribution in [3.8, 4) is 0 Å². The molecule has 0 atom stereocenters. The summed E-state index contributed by atoms with van der Waals surface area (Å²) in [6, 6.07) is 14.4. The summed E-state index contributed by atoms with van der Waals surface area (Å²) in [5, 5.41) is 4.13. The molecule has 0 aliphatic carbocycles. The average Bonchev–Trinajstić information content (AvgIpc) is 3.49. The lowest BCUT2D eigenvalue weighted by Crippen LogP contribution is -2.38. The van der Waals surface area contributed by atoms with E-state index >= 15 is 0 Å². The van der Waals surface area contributed by atoms with Gasteiger partial charge in [0.05, 0.1) is 23.4 Å². The molecule has 4 heterocycles. The Bertz CT molecular complexity index is 1250. The molecule has 2 aliphatic heterocycles. The summed E-state index contributed by atoms with van der Waals surface area (Å²) in [4.78, 5) is 26.7. The standard InChI is InChI=1S/C24H25N5O3S/c30-22(16-7-9-28(10-8-16)23-26-18-3-1-2-4-20(18)32-23)25-17-5-6-19-21(15-17)33-24(27-19)29-11-13-31-14-12-29/h1-6,15-16H,7-14H2,(H,25,30). The van der Waals surface area contributed by atoms with E-state index in [0.717, 1.165) is 84.4 Å². The average molecular weight is 464 g/mol. The first-order valence-electron chi connectivity index (χ1n) is 11.4. The summed E-state index contributed by atoms with van der Waals surface area (Å²) < 4.78 is 12.4. The number of ether oxygens (including phenoxy) is 1. The highest BCUT2D eigenvalue weighted by molar-refractivity contribution is 7.22. The molecule has 2 aliphatic rings. The first-order chi connectivity index (χ1) is 16.2. The summed E-state index contributed by atoms with van der Waals surface area (Å²) in [5.74, 6) is 0.0520. The number of carbonyl (C=O) groups excluding carboxylic acids is 1. The van der Waals surface area contributed by atoms with Gasteiger partial charge in [-0.25, -0.2) is 4.98 Å². The molecule has 2 fully saturated rings. The van der Waals surface area contributed by atoms with E-state index in [-0.39, 0.29) is 11.8 Å². The maximum Gasteiger partial charge on any atom is 0.298 e. The second-order valence-electron chi connectivity index (χ2n) is 8.49. The van der Waals surface area contributed by atoms with Crippen LogP contribution in [0.4, 0.5) is 16.8 Å². The van der Waals surface area contributed by atoms with E-state index in [4.69, 9.17) is 14.1 Å². The van der Waals surface area contributed by atoms with Crippen molar-refractivity contribution in [2.75, 3.05) is 54.5 Å². The van der Waals surface area contributed by atoms with Gasteiger partial charge in [0.15, 0.2) is 10.7 Å². The van der Waals surface area contributed by atoms with Crippen molar-refractivity contribution in [1.82, 2.24) is 9.97 Å². The third-order valence-corrected chi connectivity index (χ3v) is 7.42. The third-order valence-electron chi connectivity index (χ3n) is 6.35. The molecule has 33 heavy (non-hydrogen) atoms. The lowest BCUT2D eigenvalue weighted by Gasteiger charge is -2.30. The predicted molar refractivity (Wildman–Crippen MR) is 130 cm³/mol. The molecule has 8 nitrogen and oxygen atoms in total. The largest absolute Gasteiger partial charge is 0.423 e. The molecule has 2 saturated heterocycles. The number of nitrogens with zero attached hydrogens (tertiary/aromatic N) is 4. The zero-order valence-electron chi connectivity index (χ0n) is 18.2. The van der Waals surface area contributed by atoms with E-state index in [9.17, 15) is 4.79 Å². The fourth-order valence-corrected chi connectivity index (χ4v) is 5.51. The molecule has 170 valence electrons. The number of anilines is 3. The van der Waals surface area contributed by atoms with Crippen LogP contribution in [0.3, 0.4) is 0 Å². The van der Waals surface area contributed by atoms with E-state index in [2.05, 4.69) is 20.1 Å². The zero-order chi connectivity index (χ0) is 22.2. The maximum absolute atomic E-state index is 12.9. The fraction of sp³-hybridized carbons (Fsp3) is 0.375. The third kappa shape index (κ3) is 4.14. The maximum atomic E-state index is 12.9. The number of oxazole rings is 1. The topological polar surface area (TPSA) is 83.7 Å². The molecule has 0 unspecified atom stereocenters. The lowest BCUT2D eigenvalue weighted by molar-refractivity contribution is -0.120. The molecule has 2 aromatic carbocycles. The highest BCUT2D eigenvalue weighted by atomic mass is 32.1. The van der Waals surface area contributed by atoms with E-state index in [0.29, 0.717) is 6.01 Å². The van der Waals surface area contributed by atoms with Gasteiger partial charge in [-0.3, -0.25) is 4.79 Å². The molecule has 1 N–H and O–H groups in total. The molecular formula is C24H25N5O3S. The smallest absolute Gasteiger partial charge is 0.298 e. The van der Waals surface area contributed by atoms with Crippen LogP contribution in [-0.4, -0.2) is 55.3 Å². The normalized spacial score (nSPS) is 17.7. The van der Waals surface area contributed by atoms with Crippen molar-refractivity contribution in [3.05, 3.63) is 42.5 Å². The Labute approximate surface area is 195 Å². The van der Waals surface area contributed by atoms with Crippen LogP contribution in [-0.2, 0) is 9.53 Å².